The van der Waals surface area contributed by atoms with Crippen LogP contribution in [0.1, 0.15) is 24.5 Å². The normalized spacial score (nSPS) is 26.6. The number of benzene rings is 1. The topological polar surface area (TPSA) is 20.2 Å². The number of aliphatic hydroxyl groups is 1. The van der Waals surface area contributed by atoms with Crippen LogP contribution in [0.15, 0.2) is 24.3 Å². The molecule has 1 aromatic rings. The largest absolute Gasteiger partial charge is 0.416 e. The molecule has 0 spiro atoms. The zero-order chi connectivity index (χ0) is 22.2. The number of alkyl halides is 12. The molecule has 1 N–H and O–H groups in total. The molecule has 1 aliphatic carbocycles. The molecule has 0 saturated heterocycles. The fourth-order valence-corrected chi connectivity index (χ4v) is 3.08. The predicted molar refractivity (Wildman–Crippen MR) is 69.3 cm³/mol. The summed E-state index contributed by atoms with van der Waals surface area (Å²) in [6.45, 7) is 0.139. The zero-order valence-electron chi connectivity index (χ0n) is 13.5. The van der Waals surface area contributed by atoms with Crippen molar-refractivity contribution in [1.29, 1.82) is 0 Å². The lowest BCUT2D eigenvalue weighted by molar-refractivity contribution is -0.303. The summed E-state index contributed by atoms with van der Waals surface area (Å²) in [5, 5.41) is 10.1. The van der Waals surface area contributed by atoms with Crippen LogP contribution in [0.2, 0.25) is 0 Å². The van der Waals surface area contributed by atoms with E-state index in [1.165, 1.54) is 0 Å². The summed E-state index contributed by atoms with van der Waals surface area (Å²) in [6.07, 6.45) is -8.17. The molecule has 1 aromatic carbocycles. The maximum atomic E-state index is 14.6. The van der Waals surface area contributed by atoms with Crippen LogP contribution in [0.5, 0.6) is 0 Å². The molecule has 2 rings (SSSR count). The average Bonchev–Trinajstić information content (AvgIpc) is 2.56. The Balaban J connectivity index is 2.67. The van der Waals surface area contributed by atoms with Gasteiger partial charge >= 0.3 is 29.9 Å². The Morgan fingerprint density at radius 3 is 1.43 bits per heavy atom. The van der Waals surface area contributed by atoms with E-state index in [9.17, 15) is 57.8 Å². The first kappa shape index (κ1) is 22.6. The Labute approximate surface area is 148 Å². The smallest absolute Gasteiger partial charge is 0.385 e. The van der Waals surface area contributed by atoms with E-state index < -0.39 is 58.7 Å². The molecule has 1 nitrogen and oxygen atoms in total. The number of rotatable bonds is 3. The third kappa shape index (κ3) is 2.53. The summed E-state index contributed by atoms with van der Waals surface area (Å²) < 4.78 is 161. The van der Waals surface area contributed by atoms with Crippen molar-refractivity contribution in [2.75, 3.05) is 0 Å². The third-order valence-electron chi connectivity index (χ3n) is 4.58. The molecular formula is C15H10F12O. The fraction of sp³-hybridized carbons (Fsp3) is 0.600. The van der Waals surface area contributed by atoms with Gasteiger partial charge in [0.2, 0.25) is 0 Å². The van der Waals surface area contributed by atoms with Crippen LogP contribution in [0.3, 0.4) is 0 Å². The molecular weight excluding hydrogens is 424 g/mol. The molecule has 0 aliphatic heterocycles. The fourth-order valence-electron chi connectivity index (χ4n) is 3.08. The lowest BCUT2D eigenvalue weighted by Crippen LogP contribution is -2.57. The van der Waals surface area contributed by atoms with Crippen molar-refractivity contribution >= 4 is 0 Å². The highest BCUT2D eigenvalue weighted by molar-refractivity contribution is 5.36. The molecule has 0 radical (unpaired) electrons. The molecule has 13 heteroatoms. The molecule has 1 atom stereocenters. The predicted octanol–water partition coefficient (Wildman–Crippen LogP) is 5.57. The lowest BCUT2D eigenvalue weighted by Gasteiger charge is -2.37. The molecule has 0 heterocycles. The van der Waals surface area contributed by atoms with Crippen molar-refractivity contribution in [2.45, 2.75) is 54.5 Å². The quantitative estimate of drug-likeness (QED) is 0.618. The average molecular weight is 434 g/mol. The Bertz CT molecular complexity index is 739. The molecule has 0 amide bonds. The van der Waals surface area contributed by atoms with Crippen molar-refractivity contribution in [3.8, 4) is 0 Å². The van der Waals surface area contributed by atoms with E-state index in [-0.39, 0.29) is 13.0 Å². The van der Waals surface area contributed by atoms with Gasteiger partial charge in [-0.15, -0.1) is 0 Å². The highest BCUT2D eigenvalue weighted by Gasteiger charge is 3.00. The first-order valence-electron chi connectivity index (χ1n) is 7.28. The Hall–Kier alpha value is -1.66. The maximum Gasteiger partial charge on any atom is 0.416 e. The Kier molecular flexibility index (Phi) is 4.60. The van der Waals surface area contributed by atoms with Gasteiger partial charge in [-0.2, -0.15) is 48.3 Å². The van der Waals surface area contributed by atoms with Crippen LogP contribution in [-0.2, 0) is 11.8 Å². The van der Waals surface area contributed by atoms with Crippen molar-refractivity contribution in [2.24, 2.45) is 0 Å². The molecule has 0 bridgehead atoms. The summed E-state index contributed by atoms with van der Waals surface area (Å²) in [6, 6.07) is 2.17. The van der Waals surface area contributed by atoms with E-state index in [1.54, 1.807) is 0 Å². The van der Waals surface area contributed by atoms with Crippen LogP contribution in [0.4, 0.5) is 52.7 Å². The van der Waals surface area contributed by atoms with E-state index >= 15 is 0 Å². The molecule has 1 unspecified atom stereocenters. The first-order chi connectivity index (χ1) is 12.2. The summed E-state index contributed by atoms with van der Waals surface area (Å²) in [5.74, 6) is -27.2. The molecule has 1 aliphatic rings. The summed E-state index contributed by atoms with van der Waals surface area (Å²) >= 11 is 0. The molecule has 1 fully saturated rings. The minimum atomic E-state index is -6.88. The third-order valence-corrected chi connectivity index (χ3v) is 4.58. The highest BCUT2D eigenvalue weighted by atomic mass is 19.4. The van der Waals surface area contributed by atoms with Crippen molar-refractivity contribution in [1.82, 2.24) is 0 Å². The van der Waals surface area contributed by atoms with Gasteiger partial charge in [0.05, 0.1) is 11.2 Å². The number of hydrogen-bond acceptors (Lipinski definition) is 1. The monoisotopic (exact) mass is 434 g/mol. The standard InChI is InChI=1S/C15H10F12O/c1-9(28,7-4-2-3-5-8(7)11(17,18)19)6-10(16)12(20,21)14(24,25)15(26,27)13(10,22)23/h2-5,28H,6H2,1H3. The lowest BCUT2D eigenvalue weighted by atomic mass is 9.79. The van der Waals surface area contributed by atoms with Gasteiger partial charge in [-0.25, -0.2) is 4.39 Å². The van der Waals surface area contributed by atoms with Crippen LogP contribution in [-0.4, -0.2) is 34.5 Å². The number of hydrogen-bond donors (Lipinski definition) is 1. The Morgan fingerprint density at radius 2 is 1.07 bits per heavy atom. The van der Waals surface area contributed by atoms with Gasteiger partial charge in [0.25, 0.3) is 5.67 Å². The van der Waals surface area contributed by atoms with Gasteiger partial charge in [-0.3, -0.25) is 0 Å². The van der Waals surface area contributed by atoms with E-state index in [4.69, 9.17) is 0 Å². The van der Waals surface area contributed by atoms with Crippen LogP contribution in [0.25, 0.3) is 0 Å². The summed E-state index contributed by atoms with van der Waals surface area (Å²) in [5.41, 5.74) is -12.9. The van der Waals surface area contributed by atoms with E-state index in [0.29, 0.717) is 6.07 Å². The summed E-state index contributed by atoms with van der Waals surface area (Å²) in [7, 11) is 0. The van der Waals surface area contributed by atoms with Gasteiger partial charge in [0, 0.05) is 6.42 Å². The van der Waals surface area contributed by atoms with Crippen molar-refractivity contribution < 1.29 is 57.8 Å². The van der Waals surface area contributed by atoms with Gasteiger partial charge in [-0.1, -0.05) is 18.2 Å². The highest BCUT2D eigenvalue weighted by Crippen LogP contribution is 2.71. The van der Waals surface area contributed by atoms with E-state index in [1.807, 2.05) is 0 Å². The van der Waals surface area contributed by atoms with Gasteiger partial charge in [-0.05, 0) is 18.6 Å². The second kappa shape index (κ2) is 5.70. The first-order valence-corrected chi connectivity index (χ1v) is 7.28. The number of halogens is 12. The molecule has 1 saturated carbocycles. The minimum absolute atomic E-state index is 0.139. The summed E-state index contributed by atoms with van der Waals surface area (Å²) in [4.78, 5) is 0. The van der Waals surface area contributed by atoms with Crippen molar-refractivity contribution in [3.05, 3.63) is 35.4 Å². The van der Waals surface area contributed by atoms with Gasteiger partial charge in [0.1, 0.15) is 0 Å². The molecule has 160 valence electrons. The zero-order valence-corrected chi connectivity index (χ0v) is 13.5. The van der Waals surface area contributed by atoms with Crippen molar-refractivity contribution in [3.63, 3.8) is 0 Å². The van der Waals surface area contributed by atoms with E-state index in [2.05, 4.69) is 0 Å². The van der Waals surface area contributed by atoms with E-state index in [0.717, 1.165) is 12.1 Å². The van der Waals surface area contributed by atoms with Gasteiger partial charge < -0.3 is 5.11 Å². The minimum Gasteiger partial charge on any atom is -0.385 e. The van der Waals surface area contributed by atoms with Gasteiger partial charge in [0.15, 0.2) is 0 Å². The van der Waals surface area contributed by atoms with Crippen LogP contribution >= 0.6 is 0 Å². The van der Waals surface area contributed by atoms with Crippen LogP contribution in [0, 0.1) is 0 Å². The van der Waals surface area contributed by atoms with Crippen LogP contribution < -0.4 is 0 Å². The molecule has 28 heavy (non-hydrogen) atoms. The maximum absolute atomic E-state index is 14.6. The molecule has 0 aromatic heterocycles. The second-order valence-corrected chi connectivity index (χ2v) is 6.59. The second-order valence-electron chi connectivity index (χ2n) is 6.59. The Morgan fingerprint density at radius 1 is 0.714 bits per heavy atom. The SMILES string of the molecule is CC(O)(CC1(F)C(F)(F)C(F)(F)C(F)(F)C1(F)F)c1ccccc1C(F)(F)F.